The van der Waals surface area contributed by atoms with E-state index < -0.39 is 253 Å². The molecule has 6 heteroatoms. The second kappa shape index (κ2) is 25.4. The third kappa shape index (κ3) is 12.2. The van der Waals surface area contributed by atoms with Crippen LogP contribution >= 0.6 is 0 Å². The average Bonchev–Trinajstić information content (AvgIpc) is 0.799. The fourth-order valence-electron chi connectivity index (χ4n) is 12.9. The van der Waals surface area contributed by atoms with Crippen LogP contribution in [0.5, 0.6) is 11.5 Å². The van der Waals surface area contributed by atoms with Gasteiger partial charge < -0.3 is 4.74 Å². The molecule has 0 saturated heterocycles. The van der Waals surface area contributed by atoms with Gasteiger partial charge >= 0.3 is 0 Å². The van der Waals surface area contributed by atoms with E-state index >= 15 is 0 Å². The molecule has 3 heterocycles. The number of imidazole rings is 1. The SMILES string of the molecule is [2H]c1c([2H])c([2H])c(-c2c([2H])c(-c3cc(C(C)(C)C)cc([Si](c4c([2H])c([2H])c([2H])c([2H])c4[2H])(c4c([2H])c([2H])c([2H])c([2H])c4[2H])c4c([2H])c([2H])c([2H])c([2H])c4[2H])c3-[n+]3[c-]n(-c4cccc(Oc5ccc6c7ccccc7n(-c7cc(C(C)(C)C)ccn7)c6c5)c4)c4cc(-c5cc(C(C)(C)C)cc(C(C)(C)C)c5)ccc43)c([2H])c(-c3c([2H])c([2H])c([2H])c([2H])c3[2H])c2[2H])c([2H])c1[2H]. The molecule has 5 nitrogen and oxygen atoms in total. The Morgan fingerprint density at radius 3 is 1.49 bits per heavy atom. The Morgan fingerprint density at radius 2 is 0.920 bits per heavy atom. The lowest BCUT2D eigenvalue weighted by atomic mass is 9.79. The van der Waals surface area contributed by atoms with E-state index in [0.29, 0.717) is 22.7 Å². The molecular weight excluding hydrogens is 1230 g/mol. The molecule has 15 rings (SSSR count). The zero-order chi connectivity index (χ0) is 93.7. The Bertz CT molecular complexity index is 6890. The maximum absolute atomic E-state index is 11.1. The lowest BCUT2D eigenvalue weighted by Gasteiger charge is -2.38. The number of hydrogen-bond acceptors (Lipinski definition) is 2. The number of benzene rings is 12. The van der Waals surface area contributed by atoms with Crippen LogP contribution < -0.4 is 30.1 Å². The summed E-state index contributed by atoms with van der Waals surface area (Å²) in [7, 11) is -6.59. The van der Waals surface area contributed by atoms with Crippen LogP contribution in [-0.4, -0.2) is 22.2 Å². The van der Waals surface area contributed by atoms with Crippen molar-refractivity contribution in [2.24, 2.45) is 0 Å². The lowest BCUT2D eigenvalue weighted by Crippen LogP contribution is -2.76. The van der Waals surface area contributed by atoms with E-state index in [9.17, 15) is 30.2 Å². The smallest absolute Gasteiger partial charge is 0.269 e. The van der Waals surface area contributed by atoms with Crippen molar-refractivity contribution in [2.45, 2.75) is 105 Å². The van der Waals surface area contributed by atoms with E-state index in [-0.39, 0.29) is 33.4 Å². The van der Waals surface area contributed by atoms with Crippen LogP contribution in [-0.2, 0) is 21.7 Å². The Kier molecular flexibility index (Phi) is 10.2. The van der Waals surface area contributed by atoms with Crippen molar-refractivity contribution in [2.75, 3.05) is 0 Å². The molecule has 0 saturated carbocycles. The predicted octanol–water partition coefficient (Wildman–Crippen LogP) is 21.2. The van der Waals surface area contributed by atoms with Crippen LogP contribution in [0, 0.1) is 6.33 Å². The van der Waals surface area contributed by atoms with E-state index in [1.165, 1.54) is 16.7 Å². The van der Waals surface area contributed by atoms with Crippen molar-refractivity contribution in [1.82, 2.24) is 14.1 Å². The average molecular weight is 1340 g/mol. The van der Waals surface area contributed by atoms with Crippen molar-refractivity contribution in [3.63, 3.8) is 0 Å². The first kappa shape index (κ1) is 40.2. The third-order valence-electron chi connectivity index (χ3n) is 18.2. The monoisotopic (exact) mass is 1340 g/mol. The number of rotatable bonds is 13. The van der Waals surface area contributed by atoms with Gasteiger partial charge in [-0.15, -0.1) is 0 Å². The highest BCUT2D eigenvalue weighted by molar-refractivity contribution is 7.20. The minimum atomic E-state index is -6.59. The lowest BCUT2D eigenvalue weighted by molar-refractivity contribution is -0.570. The second-order valence-electron chi connectivity index (χ2n) is 29.0. The number of fused-ring (bicyclic) bond motifs is 4. The number of nitrogens with zero attached hydrogens (tertiary/aromatic N) is 4. The van der Waals surface area contributed by atoms with Crippen LogP contribution in [0.15, 0.2) is 303 Å². The summed E-state index contributed by atoms with van der Waals surface area (Å²) < 4.78 is 286. The van der Waals surface area contributed by atoms with E-state index in [4.69, 9.17) is 17.9 Å². The van der Waals surface area contributed by atoms with Gasteiger partial charge in [0.05, 0.1) is 71.8 Å². The summed E-state index contributed by atoms with van der Waals surface area (Å²) in [6, 6.07) is 8.76. The molecule has 0 N–H and O–H groups in total. The van der Waals surface area contributed by atoms with Crippen molar-refractivity contribution in [3.8, 4) is 73.2 Å². The molecule has 12 aromatic carbocycles. The molecule has 0 bridgehead atoms. The van der Waals surface area contributed by atoms with Gasteiger partial charge in [-0.3, -0.25) is 13.7 Å². The molecule has 0 amide bonds. The van der Waals surface area contributed by atoms with E-state index in [1.54, 1.807) is 67.9 Å². The molecule has 0 aliphatic rings. The molecule has 0 spiro atoms. The summed E-state index contributed by atoms with van der Waals surface area (Å²) in [5, 5.41) is -1.65. The topological polar surface area (TPSA) is 35.9 Å². The molecule has 15 aromatic rings. The van der Waals surface area contributed by atoms with Gasteiger partial charge in [0.2, 0.25) is 0 Å². The van der Waals surface area contributed by atoms with Gasteiger partial charge in [-0.1, -0.05) is 301 Å². The van der Waals surface area contributed by atoms with Gasteiger partial charge in [0.1, 0.15) is 17.3 Å². The van der Waals surface area contributed by atoms with E-state index in [2.05, 4.69) is 79.3 Å². The van der Waals surface area contributed by atoms with Crippen molar-refractivity contribution >= 4 is 61.7 Å². The number of hydrogen-bond donors (Lipinski definition) is 0. The summed E-state index contributed by atoms with van der Waals surface area (Å²) in [6.07, 6.45) is 5.33. The van der Waals surface area contributed by atoms with Gasteiger partial charge in [0, 0.05) is 23.0 Å². The highest BCUT2D eigenvalue weighted by atomic mass is 28.3. The van der Waals surface area contributed by atoms with Crippen LogP contribution in [0.4, 0.5) is 0 Å². The maximum atomic E-state index is 11.1. The Hall–Kier alpha value is -10.9. The minimum absolute atomic E-state index is 0.00389. The van der Waals surface area contributed by atoms with Crippen molar-refractivity contribution in [3.05, 3.63) is 331 Å². The molecule has 0 aliphatic heterocycles. The largest absolute Gasteiger partial charge is 0.458 e. The maximum Gasteiger partial charge on any atom is 0.269 e. The van der Waals surface area contributed by atoms with Gasteiger partial charge in [-0.25, -0.2) is 4.98 Å². The summed E-state index contributed by atoms with van der Waals surface area (Å²) in [5.41, 5.74) is -1.72. The normalized spacial score (nSPS) is 16.3. The van der Waals surface area contributed by atoms with Crippen LogP contribution in [0.3, 0.4) is 0 Å². The highest BCUT2D eigenvalue weighted by Gasteiger charge is 2.45. The number of aromatic nitrogens is 4. The van der Waals surface area contributed by atoms with Gasteiger partial charge in [-0.2, -0.15) is 0 Å². The van der Waals surface area contributed by atoms with Gasteiger partial charge in [0.25, 0.3) is 6.33 Å². The summed E-state index contributed by atoms with van der Waals surface area (Å²) in [4.78, 5) is 4.90. The predicted molar refractivity (Wildman–Crippen MR) is 422 cm³/mol. The van der Waals surface area contributed by atoms with Crippen LogP contribution in [0.25, 0.3) is 94.5 Å². The van der Waals surface area contributed by atoms with E-state index in [0.717, 1.165) is 38.5 Å². The number of pyridine rings is 1. The fourth-order valence-corrected chi connectivity index (χ4v) is 16.9. The molecule has 0 aliphatic carbocycles. The van der Waals surface area contributed by atoms with Crippen molar-refractivity contribution in [1.29, 1.82) is 0 Å². The number of para-hydroxylation sites is 1. The Balaban J connectivity index is 1.21. The molecule has 3 aromatic heterocycles. The molecule has 0 radical (unpaired) electrons. The Labute approximate surface area is 630 Å². The fraction of sp³-hybridized carbons (Fsp3) is 0.170. The highest BCUT2D eigenvalue weighted by Crippen LogP contribution is 2.42. The molecular formula is C94H86N4OSi. The quantitative estimate of drug-likeness (QED) is 0.0499. The molecule has 0 unspecified atom stereocenters. The van der Waals surface area contributed by atoms with Crippen molar-refractivity contribution < 1.29 is 47.7 Å². The zero-order valence-corrected chi connectivity index (χ0v) is 58.4. The van der Waals surface area contributed by atoms with Gasteiger partial charge in [0.15, 0.2) is 8.07 Å². The molecule has 100 heavy (non-hydrogen) atoms. The molecule has 0 fully saturated rings. The third-order valence-corrected chi connectivity index (χ3v) is 22.4. The molecule has 0 atom stereocenters. The summed E-state index contributed by atoms with van der Waals surface area (Å²) >= 11 is 0. The Morgan fingerprint density at radius 1 is 0.400 bits per heavy atom. The van der Waals surface area contributed by atoms with E-state index in [1.807, 2.05) is 72.8 Å². The summed E-state index contributed by atoms with van der Waals surface area (Å²) in [5.74, 6) is 1.24. The number of ether oxygens (including phenoxy) is 1. The minimum Gasteiger partial charge on any atom is -0.458 e. The zero-order valence-electron chi connectivity index (χ0n) is 85.4. The first-order valence-electron chi connectivity index (χ1n) is 46.9. The first-order chi connectivity index (χ1) is 59.7. The second-order valence-corrected chi connectivity index (χ2v) is 32.5. The van der Waals surface area contributed by atoms with Crippen LogP contribution in [0.2, 0.25) is 0 Å². The van der Waals surface area contributed by atoms with Gasteiger partial charge in [-0.05, 0) is 182 Å². The standard InChI is InChI=1S/C94H86N4OSi/c1-91(2,3)71-49-50-95-89(60-71)98-84-44-29-28-43-81(84)82-47-46-77(62-86(82)98)99-76-36-30-35-75(61-76)96-63-97(85-48-45-66(56-87(85)96)69-54-72(92(4,5)6)57-73(55-69)93(7,8)9)90-83(70-52-67(64-31-18-13-19-32-64)51-68(53-70)65-33-20-14-21-34-65)58-74(94(10,11)12)59-88(90)100(78-37-22-15-23-38-78,79-39-24-16-25-40-79)80-41-26-17-27-42-80/h13-62H,1-12H3/i13D,14D,15D,16D,17D,18D,19D,20D,21D,22D,23D,24D,25D,26D,27D,31D,32D,33D,34D,37D,38D,39D,40D,41D,42D,51D,52D,53D. The van der Waals surface area contributed by atoms with Crippen LogP contribution in [0.1, 0.15) is 144 Å². The first-order valence-corrected chi connectivity index (χ1v) is 34.9. The molecule has 492 valence electrons. The summed E-state index contributed by atoms with van der Waals surface area (Å²) in [6.45, 7) is 23.8.